The van der Waals surface area contributed by atoms with E-state index in [9.17, 15) is 14.3 Å². The number of aliphatic carboxylic acids is 1. The van der Waals surface area contributed by atoms with Crippen LogP contribution in [0.3, 0.4) is 0 Å². The molecule has 4 rings (SSSR count). The van der Waals surface area contributed by atoms with Gasteiger partial charge in [0.05, 0.1) is 17.3 Å². The smallest absolute Gasteiger partial charge is 0.311 e. The van der Waals surface area contributed by atoms with Gasteiger partial charge in [-0.15, -0.1) is 5.10 Å². The first-order valence-electron chi connectivity index (χ1n) is 7.55. The Kier molecular flexibility index (Phi) is 3.31. The highest BCUT2D eigenvalue weighted by atomic mass is 32.1. The number of halogens is 1. The fourth-order valence-electron chi connectivity index (χ4n) is 2.88. The van der Waals surface area contributed by atoms with Crippen molar-refractivity contribution in [2.24, 2.45) is 5.41 Å². The van der Waals surface area contributed by atoms with Gasteiger partial charge in [-0.2, -0.15) is 0 Å². The lowest BCUT2D eigenvalue weighted by atomic mass is 9.90. The van der Waals surface area contributed by atoms with Crippen molar-refractivity contribution in [3.63, 3.8) is 0 Å². The zero-order valence-corrected chi connectivity index (χ0v) is 13.8. The van der Waals surface area contributed by atoms with Gasteiger partial charge in [0.25, 0.3) is 0 Å². The Morgan fingerprint density at radius 1 is 1.38 bits per heavy atom. The van der Waals surface area contributed by atoms with E-state index >= 15 is 0 Å². The molecule has 1 fully saturated rings. The van der Waals surface area contributed by atoms with Crippen LogP contribution in [0.1, 0.15) is 13.3 Å². The van der Waals surface area contributed by atoms with E-state index in [0.717, 1.165) is 21.3 Å². The van der Waals surface area contributed by atoms with Gasteiger partial charge in [0.15, 0.2) is 0 Å². The van der Waals surface area contributed by atoms with Crippen molar-refractivity contribution in [1.29, 1.82) is 0 Å². The normalized spacial score (nSPS) is 20.8. The maximum atomic E-state index is 13.0. The fourth-order valence-corrected chi connectivity index (χ4v) is 3.78. The lowest BCUT2D eigenvalue weighted by molar-refractivity contribution is -0.146. The summed E-state index contributed by atoms with van der Waals surface area (Å²) in [6.07, 6.45) is 2.40. The highest BCUT2D eigenvalue weighted by Gasteiger charge is 2.41. The summed E-state index contributed by atoms with van der Waals surface area (Å²) in [6.45, 7) is 2.88. The molecular formula is C16H15FN4O2S. The molecule has 1 saturated heterocycles. The zero-order chi connectivity index (χ0) is 16.9. The van der Waals surface area contributed by atoms with Crippen molar-refractivity contribution in [2.75, 3.05) is 18.0 Å². The number of nitrogens with zero attached hydrogens (tertiary/aromatic N) is 4. The number of aromatic nitrogens is 3. The van der Waals surface area contributed by atoms with Crippen LogP contribution in [0.25, 0.3) is 16.2 Å². The third kappa shape index (κ3) is 2.43. The van der Waals surface area contributed by atoms with Gasteiger partial charge in [-0.1, -0.05) is 11.3 Å². The van der Waals surface area contributed by atoms with Crippen molar-refractivity contribution < 1.29 is 14.3 Å². The Balaban J connectivity index is 1.61. The lowest BCUT2D eigenvalue weighted by Crippen LogP contribution is -2.31. The molecule has 1 unspecified atom stereocenters. The third-order valence-electron chi connectivity index (χ3n) is 4.43. The number of carboxylic acids is 1. The quantitative estimate of drug-likeness (QED) is 0.790. The predicted molar refractivity (Wildman–Crippen MR) is 88.8 cm³/mol. The summed E-state index contributed by atoms with van der Waals surface area (Å²) in [5.74, 6) is -1.05. The molecule has 0 radical (unpaired) electrons. The van der Waals surface area contributed by atoms with Gasteiger partial charge in [0.2, 0.25) is 10.1 Å². The van der Waals surface area contributed by atoms with Crippen molar-refractivity contribution in [3.05, 3.63) is 36.3 Å². The van der Waals surface area contributed by atoms with E-state index in [0.29, 0.717) is 19.5 Å². The van der Waals surface area contributed by atoms with Crippen LogP contribution in [-0.4, -0.2) is 38.8 Å². The van der Waals surface area contributed by atoms with Gasteiger partial charge in [-0.05, 0) is 37.6 Å². The molecule has 1 N–H and O–H groups in total. The standard InChI is InChI=1S/C16H15FN4O2S/c1-16(13(22)23)6-7-20(9-16)15-19-21-8-12(18-14(21)24-15)10-2-4-11(17)5-3-10/h2-5,8H,6-7,9H2,1H3,(H,22,23). The minimum Gasteiger partial charge on any atom is -0.481 e. The molecule has 0 bridgehead atoms. The second kappa shape index (κ2) is 5.27. The van der Waals surface area contributed by atoms with E-state index in [1.165, 1.54) is 23.5 Å². The van der Waals surface area contributed by atoms with Crippen molar-refractivity contribution in [3.8, 4) is 11.3 Å². The molecule has 24 heavy (non-hydrogen) atoms. The van der Waals surface area contributed by atoms with Crippen LogP contribution in [0.4, 0.5) is 9.52 Å². The van der Waals surface area contributed by atoms with E-state index in [1.807, 2.05) is 4.90 Å². The average Bonchev–Trinajstić information content (AvgIpc) is 3.20. The van der Waals surface area contributed by atoms with Gasteiger partial charge in [-0.3, -0.25) is 4.79 Å². The lowest BCUT2D eigenvalue weighted by Gasteiger charge is -2.18. The molecule has 0 spiro atoms. The molecule has 1 atom stereocenters. The summed E-state index contributed by atoms with van der Waals surface area (Å²) >= 11 is 1.43. The number of hydrogen-bond donors (Lipinski definition) is 1. The summed E-state index contributed by atoms with van der Waals surface area (Å²) in [5.41, 5.74) is 0.833. The van der Waals surface area contributed by atoms with Crippen molar-refractivity contribution in [1.82, 2.24) is 14.6 Å². The summed E-state index contributed by atoms with van der Waals surface area (Å²) in [6, 6.07) is 6.17. The maximum absolute atomic E-state index is 13.0. The Hall–Kier alpha value is -2.48. The number of imidazole rings is 1. The van der Waals surface area contributed by atoms with E-state index in [2.05, 4.69) is 10.1 Å². The second-order valence-electron chi connectivity index (χ2n) is 6.28. The number of carboxylic acid groups (broad SMARTS) is 1. The van der Waals surface area contributed by atoms with Crippen LogP contribution in [0.15, 0.2) is 30.5 Å². The first-order valence-corrected chi connectivity index (χ1v) is 8.37. The molecule has 0 amide bonds. The molecule has 0 aliphatic carbocycles. The summed E-state index contributed by atoms with van der Waals surface area (Å²) < 4.78 is 14.7. The molecule has 8 heteroatoms. The first-order chi connectivity index (χ1) is 11.4. The zero-order valence-electron chi connectivity index (χ0n) is 12.9. The maximum Gasteiger partial charge on any atom is 0.311 e. The molecule has 1 aromatic carbocycles. The number of carbonyl (C=O) groups is 1. The number of hydrogen-bond acceptors (Lipinski definition) is 5. The van der Waals surface area contributed by atoms with Crippen molar-refractivity contribution >= 4 is 27.4 Å². The summed E-state index contributed by atoms with van der Waals surface area (Å²) in [5, 5.41) is 14.6. The fraction of sp³-hybridized carbons (Fsp3) is 0.312. The molecule has 0 saturated carbocycles. The number of anilines is 1. The molecule has 124 valence electrons. The van der Waals surface area contributed by atoms with E-state index in [4.69, 9.17) is 0 Å². The molecule has 2 aromatic heterocycles. The van der Waals surface area contributed by atoms with Crippen LogP contribution >= 0.6 is 11.3 Å². The van der Waals surface area contributed by atoms with Crippen LogP contribution in [-0.2, 0) is 4.79 Å². The molecule has 1 aliphatic heterocycles. The summed E-state index contributed by atoms with van der Waals surface area (Å²) in [4.78, 5) is 18.6. The first kappa shape index (κ1) is 15.1. The third-order valence-corrected chi connectivity index (χ3v) is 5.42. The molecule has 6 nitrogen and oxygen atoms in total. The highest BCUT2D eigenvalue weighted by molar-refractivity contribution is 7.20. The predicted octanol–water partition coefficient (Wildman–Crippen LogP) is 2.90. The molecule has 1 aliphatic rings. The second-order valence-corrected chi connectivity index (χ2v) is 7.22. The SMILES string of the molecule is CC1(C(=O)O)CCN(c2nn3cc(-c4ccc(F)cc4)nc3s2)C1. The van der Waals surface area contributed by atoms with Gasteiger partial charge in [0.1, 0.15) is 5.82 Å². The van der Waals surface area contributed by atoms with E-state index < -0.39 is 11.4 Å². The van der Waals surface area contributed by atoms with Crippen LogP contribution in [0, 0.1) is 11.2 Å². The largest absolute Gasteiger partial charge is 0.481 e. The minimum absolute atomic E-state index is 0.282. The number of rotatable bonds is 3. The Bertz CT molecular complexity index is 888. The van der Waals surface area contributed by atoms with Crippen LogP contribution < -0.4 is 4.90 Å². The van der Waals surface area contributed by atoms with Crippen LogP contribution in [0.2, 0.25) is 0 Å². The van der Waals surface area contributed by atoms with E-state index in [1.54, 1.807) is 29.8 Å². The van der Waals surface area contributed by atoms with E-state index in [-0.39, 0.29) is 5.82 Å². The molecule has 3 aromatic rings. The Morgan fingerprint density at radius 3 is 2.75 bits per heavy atom. The summed E-state index contributed by atoms with van der Waals surface area (Å²) in [7, 11) is 0. The minimum atomic E-state index is -0.773. The Morgan fingerprint density at radius 2 is 2.12 bits per heavy atom. The molecule has 3 heterocycles. The van der Waals surface area contributed by atoms with Gasteiger partial charge in [0, 0.05) is 18.7 Å². The number of fused-ring (bicyclic) bond motifs is 1. The average molecular weight is 346 g/mol. The highest BCUT2D eigenvalue weighted by Crippen LogP contribution is 2.35. The monoisotopic (exact) mass is 346 g/mol. The molecular weight excluding hydrogens is 331 g/mol. The Labute approximate surface area is 141 Å². The van der Waals surface area contributed by atoms with Crippen molar-refractivity contribution in [2.45, 2.75) is 13.3 Å². The van der Waals surface area contributed by atoms with Gasteiger partial charge in [-0.25, -0.2) is 13.9 Å². The van der Waals surface area contributed by atoms with Gasteiger partial charge >= 0.3 is 5.97 Å². The topological polar surface area (TPSA) is 70.7 Å². The number of benzene rings is 1. The van der Waals surface area contributed by atoms with Crippen LogP contribution in [0.5, 0.6) is 0 Å². The van der Waals surface area contributed by atoms with Gasteiger partial charge < -0.3 is 10.0 Å².